The van der Waals surface area contributed by atoms with Gasteiger partial charge in [-0.25, -0.2) is 0 Å². The van der Waals surface area contributed by atoms with Gasteiger partial charge in [0.1, 0.15) is 0 Å². The second kappa shape index (κ2) is 4.23. The predicted molar refractivity (Wildman–Crippen MR) is 71.0 cm³/mol. The minimum Gasteiger partial charge on any atom is -0.319 e. The van der Waals surface area contributed by atoms with Gasteiger partial charge in [-0.2, -0.15) is 5.10 Å². The Balaban J connectivity index is 2.03. The van der Waals surface area contributed by atoms with E-state index in [9.17, 15) is 0 Å². The minimum absolute atomic E-state index is 0.211. The van der Waals surface area contributed by atoms with Crippen molar-refractivity contribution in [2.75, 3.05) is 0 Å². The molecule has 1 unspecified atom stereocenters. The lowest BCUT2D eigenvalue weighted by Gasteiger charge is -2.10. The second-order valence-corrected chi connectivity index (χ2v) is 4.35. The molecule has 2 aromatic heterocycles. The van der Waals surface area contributed by atoms with Crippen molar-refractivity contribution >= 4 is 10.9 Å². The van der Waals surface area contributed by atoms with Crippen molar-refractivity contribution in [3.05, 3.63) is 60.0 Å². The average Bonchev–Trinajstić information content (AvgIpc) is 2.84. The fraction of sp³-hybridized carbons (Fsp3) is 0.143. The number of hydrogen-bond donors (Lipinski definition) is 1. The number of aromatic nitrogens is 3. The highest BCUT2D eigenvalue weighted by Crippen LogP contribution is 2.21. The zero-order chi connectivity index (χ0) is 12.5. The summed E-state index contributed by atoms with van der Waals surface area (Å²) >= 11 is 0. The molecular weight excluding hydrogens is 224 g/mol. The van der Waals surface area contributed by atoms with Crippen molar-refractivity contribution in [3.8, 4) is 0 Å². The van der Waals surface area contributed by atoms with Gasteiger partial charge in [0.25, 0.3) is 0 Å². The number of hydrogen-bond acceptors (Lipinski definition) is 3. The first-order chi connectivity index (χ1) is 8.74. The Morgan fingerprint density at radius 1 is 1.22 bits per heavy atom. The number of nitrogens with zero attached hydrogens (tertiary/aromatic N) is 3. The van der Waals surface area contributed by atoms with Gasteiger partial charge in [-0.05, 0) is 23.8 Å². The molecule has 0 aliphatic rings. The van der Waals surface area contributed by atoms with Gasteiger partial charge in [-0.3, -0.25) is 9.67 Å². The first-order valence-corrected chi connectivity index (χ1v) is 5.84. The fourth-order valence-corrected chi connectivity index (χ4v) is 2.05. The van der Waals surface area contributed by atoms with E-state index >= 15 is 0 Å². The molecule has 3 aromatic rings. The Labute approximate surface area is 105 Å². The maximum atomic E-state index is 6.22. The third-order valence-corrected chi connectivity index (χ3v) is 3.04. The molecule has 1 aromatic carbocycles. The summed E-state index contributed by atoms with van der Waals surface area (Å²) in [6.07, 6.45) is 3.69. The largest absolute Gasteiger partial charge is 0.319 e. The predicted octanol–water partition coefficient (Wildman–Crippen LogP) is 2.02. The summed E-state index contributed by atoms with van der Waals surface area (Å²) in [4.78, 5) is 4.34. The van der Waals surface area contributed by atoms with Crippen LogP contribution in [0.2, 0.25) is 0 Å². The molecule has 4 nitrogen and oxygen atoms in total. The van der Waals surface area contributed by atoms with E-state index < -0.39 is 0 Å². The highest BCUT2D eigenvalue weighted by atomic mass is 15.3. The van der Waals surface area contributed by atoms with E-state index in [1.54, 1.807) is 10.9 Å². The summed E-state index contributed by atoms with van der Waals surface area (Å²) in [7, 11) is 1.89. The molecule has 0 spiro atoms. The van der Waals surface area contributed by atoms with E-state index in [1.807, 2.05) is 49.6 Å². The maximum Gasteiger partial charge on any atom is 0.0837 e. The lowest BCUT2D eigenvalue weighted by Crippen LogP contribution is -2.12. The van der Waals surface area contributed by atoms with Crippen LogP contribution in [0.25, 0.3) is 10.9 Å². The molecule has 90 valence electrons. The van der Waals surface area contributed by atoms with Crippen molar-refractivity contribution in [3.63, 3.8) is 0 Å². The van der Waals surface area contributed by atoms with Gasteiger partial charge in [-0.15, -0.1) is 0 Å². The molecule has 0 aliphatic carbocycles. The molecule has 1 atom stereocenters. The van der Waals surface area contributed by atoms with E-state index in [0.29, 0.717) is 0 Å². The molecule has 0 saturated carbocycles. The Hall–Kier alpha value is -2.20. The van der Waals surface area contributed by atoms with E-state index in [-0.39, 0.29) is 6.04 Å². The zero-order valence-corrected chi connectivity index (χ0v) is 10.1. The molecule has 18 heavy (non-hydrogen) atoms. The topological polar surface area (TPSA) is 56.7 Å². The number of benzene rings is 1. The Kier molecular flexibility index (Phi) is 2.57. The van der Waals surface area contributed by atoms with Crippen LogP contribution in [0.4, 0.5) is 0 Å². The van der Waals surface area contributed by atoms with Gasteiger partial charge in [0.05, 0.1) is 17.3 Å². The van der Waals surface area contributed by atoms with Crippen LogP contribution in [0.15, 0.2) is 48.8 Å². The van der Waals surface area contributed by atoms with Gasteiger partial charge in [0.15, 0.2) is 0 Å². The lowest BCUT2D eigenvalue weighted by molar-refractivity contribution is 0.716. The summed E-state index contributed by atoms with van der Waals surface area (Å²) in [5, 5.41) is 5.46. The minimum atomic E-state index is -0.211. The van der Waals surface area contributed by atoms with Crippen molar-refractivity contribution in [1.29, 1.82) is 0 Å². The number of fused-ring (bicyclic) bond motifs is 1. The number of pyridine rings is 1. The first-order valence-electron chi connectivity index (χ1n) is 5.84. The van der Waals surface area contributed by atoms with Gasteiger partial charge in [-0.1, -0.05) is 18.2 Å². The van der Waals surface area contributed by atoms with Gasteiger partial charge < -0.3 is 5.73 Å². The van der Waals surface area contributed by atoms with Crippen LogP contribution < -0.4 is 5.73 Å². The average molecular weight is 238 g/mol. The second-order valence-electron chi connectivity index (χ2n) is 4.35. The normalized spacial score (nSPS) is 12.8. The van der Waals surface area contributed by atoms with Crippen LogP contribution in [0.5, 0.6) is 0 Å². The fourth-order valence-electron chi connectivity index (χ4n) is 2.05. The quantitative estimate of drug-likeness (QED) is 0.743. The molecule has 0 fully saturated rings. The molecule has 0 aliphatic heterocycles. The molecule has 0 radical (unpaired) electrons. The van der Waals surface area contributed by atoms with Gasteiger partial charge in [0, 0.05) is 24.8 Å². The van der Waals surface area contributed by atoms with Crippen molar-refractivity contribution in [2.24, 2.45) is 12.8 Å². The van der Waals surface area contributed by atoms with E-state index in [1.165, 1.54) is 0 Å². The van der Waals surface area contributed by atoms with Crippen LogP contribution in [0, 0.1) is 0 Å². The van der Waals surface area contributed by atoms with Crippen molar-refractivity contribution in [2.45, 2.75) is 6.04 Å². The lowest BCUT2D eigenvalue weighted by atomic mass is 10.0. The number of aryl methyl sites for hydroxylation is 1. The SMILES string of the molecule is Cn1ccc(C(N)c2ccc3cccnc3c2)n1. The van der Waals surface area contributed by atoms with E-state index in [2.05, 4.69) is 10.1 Å². The van der Waals surface area contributed by atoms with Crippen LogP contribution in [0.3, 0.4) is 0 Å². The summed E-state index contributed by atoms with van der Waals surface area (Å²) < 4.78 is 1.76. The third-order valence-electron chi connectivity index (χ3n) is 3.04. The molecule has 0 amide bonds. The van der Waals surface area contributed by atoms with Gasteiger partial charge >= 0.3 is 0 Å². The Morgan fingerprint density at radius 3 is 2.89 bits per heavy atom. The molecule has 4 heteroatoms. The Morgan fingerprint density at radius 2 is 2.11 bits per heavy atom. The molecule has 2 heterocycles. The van der Waals surface area contributed by atoms with Gasteiger partial charge in [0.2, 0.25) is 0 Å². The smallest absolute Gasteiger partial charge is 0.0837 e. The molecule has 2 N–H and O–H groups in total. The summed E-state index contributed by atoms with van der Waals surface area (Å²) in [6.45, 7) is 0. The summed E-state index contributed by atoms with van der Waals surface area (Å²) in [6, 6.07) is 11.8. The number of rotatable bonds is 2. The molecular formula is C14H14N4. The van der Waals surface area contributed by atoms with Crippen molar-refractivity contribution < 1.29 is 0 Å². The molecule has 0 bridgehead atoms. The highest BCUT2D eigenvalue weighted by molar-refractivity contribution is 5.79. The van der Waals surface area contributed by atoms with Crippen LogP contribution in [0.1, 0.15) is 17.3 Å². The zero-order valence-electron chi connectivity index (χ0n) is 10.1. The van der Waals surface area contributed by atoms with Crippen LogP contribution in [-0.4, -0.2) is 14.8 Å². The molecule has 3 rings (SSSR count). The third kappa shape index (κ3) is 1.87. The summed E-state index contributed by atoms with van der Waals surface area (Å²) in [5.74, 6) is 0. The maximum absolute atomic E-state index is 6.22. The van der Waals surface area contributed by atoms with Crippen LogP contribution >= 0.6 is 0 Å². The highest BCUT2D eigenvalue weighted by Gasteiger charge is 2.12. The monoisotopic (exact) mass is 238 g/mol. The Bertz CT molecular complexity index is 687. The summed E-state index contributed by atoms with van der Waals surface area (Å²) in [5.41, 5.74) is 9.07. The van der Waals surface area contributed by atoms with E-state index in [0.717, 1.165) is 22.2 Å². The first kappa shape index (κ1) is 10.9. The molecule has 0 saturated heterocycles. The van der Waals surface area contributed by atoms with Crippen LogP contribution in [-0.2, 0) is 7.05 Å². The van der Waals surface area contributed by atoms with E-state index in [4.69, 9.17) is 5.73 Å². The number of nitrogens with two attached hydrogens (primary N) is 1. The standard InChI is InChI=1S/C14H14N4/c1-18-8-6-12(17-18)14(15)11-5-4-10-3-2-7-16-13(10)9-11/h2-9,14H,15H2,1H3. The van der Waals surface area contributed by atoms with Crippen molar-refractivity contribution in [1.82, 2.24) is 14.8 Å².